The highest BCUT2D eigenvalue weighted by molar-refractivity contribution is 5.93. The third-order valence-corrected chi connectivity index (χ3v) is 5.79. The van der Waals surface area contributed by atoms with Gasteiger partial charge in [-0.25, -0.2) is 4.68 Å². The van der Waals surface area contributed by atoms with E-state index in [0.717, 1.165) is 26.2 Å². The molecule has 9 nitrogen and oxygen atoms in total. The summed E-state index contributed by atoms with van der Waals surface area (Å²) in [5, 5.41) is 18.0. The number of nitro groups is 1. The van der Waals surface area contributed by atoms with Crippen LogP contribution in [0.1, 0.15) is 17.3 Å². The van der Waals surface area contributed by atoms with Crippen LogP contribution in [0, 0.1) is 10.1 Å². The van der Waals surface area contributed by atoms with E-state index in [1.165, 1.54) is 28.7 Å². The molecule has 0 radical (unpaired) electrons. The first-order valence-corrected chi connectivity index (χ1v) is 10.6. The van der Waals surface area contributed by atoms with Crippen LogP contribution >= 0.6 is 0 Å². The van der Waals surface area contributed by atoms with Gasteiger partial charge in [0.1, 0.15) is 0 Å². The standard InChI is InChI=1S/C23H26N6O3/c1-18(26-11-13-27(14-12-26)20-5-3-2-4-6-20)15-24-23(30)19-16-25-28(17-19)21-7-9-22(10-8-21)29(31)32/h2-10,16-18H,11-15H2,1H3,(H,24,30). The van der Waals surface area contributed by atoms with Gasteiger partial charge in [-0.2, -0.15) is 5.10 Å². The first kappa shape index (κ1) is 21.5. The molecule has 0 saturated carbocycles. The Morgan fingerprint density at radius 2 is 1.75 bits per heavy atom. The van der Waals surface area contributed by atoms with E-state index in [0.29, 0.717) is 17.8 Å². The van der Waals surface area contributed by atoms with Crippen LogP contribution in [-0.4, -0.2) is 64.3 Å². The van der Waals surface area contributed by atoms with Gasteiger partial charge in [0.05, 0.1) is 22.4 Å². The molecule has 1 fully saturated rings. The van der Waals surface area contributed by atoms with Crippen molar-refractivity contribution in [2.45, 2.75) is 13.0 Å². The number of carbonyl (C=O) groups is 1. The lowest BCUT2D eigenvalue weighted by Gasteiger charge is -2.39. The maximum absolute atomic E-state index is 12.6. The molecule has 1 saturated heterocycles. The van der Waals surface area contributed by atoms with Gasteiger partial charge in [0.2, 0.25) is 0 Å². The van der Waals surface area contributed by atoms with Crippen LogP contribution in [-0.2, 0) is 0 Å². The van der Waals surface area contributed by atoms with Crippen LogP contribution in [0.4, 0.5) is 11.4 Å². The van der Waals surface area contributed by atoms with Gasteiger partial charge in [0, 0.05) is 62.8 Å². The Morgan fingerprint density at radius 1 is 1.06 bits per heavy atom. The highest BCUT2D eigenvalue weighted by Crippen LogP contribution is 2.17. The minimum atomic E-state index is -0.450. The molecule has 0 spiro atoms. The summed E-state index contributed by atoms with van der Waals surface area (Å²) in [7, 11) is 0. The van der Waals surface area contributed by atoms with E-state index in [2.05, 4.69) is 51.4 Å². The molecule has 166 valence electrons. The van der Waals surface area contributed by atoms with Crippen LogP contribution in [0.25, 0.3) is 5.69 Å². The second-order valence-corrected chi connectivity index (χ2v) is 7.86. The van der Waals surface area contributed by atoms with Crippen molar-refractivity contribution in [3.05, 3.63) is 82.7 Å². The number of piperazine rings is 1. The molecule has 1 atom stereocenters. The molecule has 0 bridgehead atoms. The van der Waals surface area contributed by atoms with Gasteiger partial charge in [-0.3, -0.25) is 19.8 Å². The first-order valence-electron chi connectivity index (χ1n) is 10.6. The van der Waals surface area contributed by atoms with Crippen molar-refractivity contribution in [1.29, 1.82) is 0 Å². The van der Waals surface area contributed by atoms with Crippen molar-refractivity contribution in [2.75, 3.05) is 37.6 Å². The van der Waals surface area contributed by atoms with E-state index < -0.39 is 4.92 Å². The third-order valence-electron chi connectivity index (χ3n) is 5.79. The van der Waals surface area contributed by atoms with Crippen molar-refractivity contribution in [1.82, 2.24) is 20.0 Å². The van der Waals surface area contributed by atoms with Crippen LogP contribution in [0.5, 0.6) is 0 Å². The quantitative estimate of drug-likeness (QED) is 0.454. The Labute approximate surface area is 186 Å². The van der Waals surface area contributed by atoms with E-state index in [1.54, 1.807) is 18.3 Å². The lowest BCUT2D eigenvalue weighted by atomic mass is 10.2. The van der Waals surface area contributed by atoms with E-state index in [9.17, 15) is 14.9 Å². The number of amides is 1. The number of nitrogens with zero attached hydrogens (tertiary/aromatic N) is 5. The average molecular weight is 435 g/mol. The van der Waals surface area contributed by atoms with Gasteiger partial charge >= 0.3 is 0 Å². The summed E-state index contributed by atoms with van der Waals surface area (Å²) in [6, 6.07) is 16.7. The largest absolute Gasteiger partial charge is 0.369 e. The van der Waals surface area contributed by atoms with Crippen LogP contribution < -0.4 is 10.2 Å². The Hall–Kier alpha value is -3.72. The molecule has 1 aromatic heterocycles. The molecule has 2 heterocycles. The normalized spacial score (nSPS) is 15.3. The SMILES string of the molecule is CC(CNC(=O)c1cnn(-c2ccc([N+](=O)[O-])cc2)c1)N1CCN(c2ccccc2)CC1. The minimum Gasteiger partial charge on any atom is -0.369 e. The number of hydrogen-bond acceptors (Lipinski definition) is 6. The number of aromatic nitrogens is 2. The van der Waals surface area contributed by atoms with Gasteiger partial charge in [0.15, 0.2) is 0 Å². The number of carbonyl (C=O) groups excluding carboxylic acids is 1. The fourth-order valence-corrected chi connectivity index (χ4v) is 3.84. The zero-order valence-corrected chi connectivity index (χ0v) is 17.9. The molecule has 3 aromatic rings. The number of nitro benzene ring substituents is 1. The lowest BCUT2D eigenvalue weighted by Crippen LogP contribution is -2.52. The molecular weight excluding hydrogens is 408 g/mol. The molecule has 4 rings (SSSR count). The summed E-state index contributed by atoms with van der Waals surface area (Å²) < 4.78 is 1.53. The summed E-state index contributed by atoms with van der Waals surface area (Å²) in [5.74, 6) is -0.187. The maximum Gasteiger partial charge on any atom is 0.269 e. The van der Waals surface area contributed by atoms with Gasteiger partial charge in [-0.1, -0.05) is 18.2 Å². The van der Waals surface area contributed by atoms with Crippen molar-refractivity contribution in [2.24, 2.45) is 0 Å². The first-order chi connectivity index (χ1) is 15.5. The van der Waals surface area contributed by atoms with Gasteiger partial charge < -0.3 is 10.2 Å². The maximum atomic E-state index is 12.6. The molecule has 2 aromatic carbocycles. The van der Waals surface area contributed by atoms with Crippen molar-refractivity contribution >= 4 is 17.3 Å². The lowest BCUT2D eigenvalue weighted by molar-refractivity contribution is -0.384. The molecular formula is C23H26N6O3. The van der Waals surface area contributed by atoms with Crippen molar-refractivity contribution in [3.8, 4) is 5.69 Å². The van der Waals surface area contributed by atoms with E-state index >= 15 is 0 Å². The summed E-state index contributed by atoms with van der Waals surface area (Å²) in [6.45, 7) is 6.49. The molecule has 9 heteroatoms. The van der Waals surface area contributed by atoms with E-state index in [4.69, 9.17) is 0 Å². The Kier molecular flexibility index (Phi) is 6.46. The molecule has 1 aliphatic heterocycles. The molecule has 32 heavy (non-hydrogen) atoms. The molecule has 1 aliphatic rings. The Morgan fingerprint density at radius 3 is 2.41 bits per heavy atom. The Balaban J connectivity index is 1.27. The second-order valence-electron chi connectivity index (χ2n) is 7.86. The number of non-ortho nitro benzene ring substituents is 1. The van der Waals surface area contributed by atoms with Crippen LogP contribution in [0.15, 0.2) is 67.0 Å². The topological polar surface area (TPSA) is 96.5 Å². The Bertz CT molecular complexity index is 1060. The van der Waals surface area contributed by atoms with Crippen molar-refractivity contribution in [3.63, 3.8) is 0 Å². The highest BCUT2D eigenvalue weighted by Gasteiger charge is 2.22. The predicted octanol–water partition coefficient (Wildman–Crippen LogP) is 2.72. The van der Waals surface area contributed by atoms with E-state index in [-0.39, 0.29) is 17.6 Å². The molecule has 0 aliphatic carbocycles. The van der Waals surface area contributed by atoms with Gasteiger partial charge in [-0.15, -0.1) is 0 Å². The average Bonchev–Trinajstić information content (AvgIpc) is 3.33. The van der Waals surface area contributed by atoms with Gasteiger partial charge in [0.25, 0.3) is 11.6 Å². The summed E-state index contributed by atoms with van der Waals surface area (Å²) in [5.41, 5.74) is 2.36. The monoisotopic (exact) mass is 434 g/mol. The number of hydrogen-bond donors (Lipinski definition) is 1. The van der Waals surface area contributed by atoms with E-state index in [1.807, 2.05) is 6.07 Å². The fourth-order valence-electron chi connectivity index (χ4n) is 3.84. The molecule has 1 amide bonds. The molecule has 1 unspecified atom stereocenters. The summed E-state index contributed by atoms with van der Waals surface area (Å²) >= 11 is 0. The number of rotatable bonds is 7. The second kappa shape index (κ2) is 9.61. The van der Waals surface area contributed by atoms with Crippen LogP contribution in [0.2, 0.25) is 0 Å². The number of nitrogens with one attached hydrogen (secondary N) is 1. The fraction of sp³-hybridized carbons (Fsp3) is 0.304. The molecule has 1 N–H and O–H groups in total. The highest BCUT2D eigenvalue weighted by atomic mass is 16.6. The summed E-state index contributed by atoms with van der Waals surface area (Å²) in [6.07, 6.45) is 3.12. The van der Waals surface area contributed by atoms with Gasteiger partial charge in [-0.05, 0) is 31.2 Å². The third kappa shape index (κ3) is 4.94. The summed E-state index contributed by atoms with van der Waals surface area (Å²) in [4.78, 5) is 27.7. The number of anilines is 1. The van der Waals surface area contributed by atoms with Crippen LogP contribution in [0.3, 0.4) is 0 Å². The number of benzene rings is 2. The zero-order valence-electron chi connectivity index (χ0n) is 17.9. The zero-order chi connectivity index (χ0) is 22.5. The smallest absolute Gasteiger partial charge is 0.269 e. The predicted molar refractivity (Wildman–Crippen MR) is 122 cm³/mol. The minimum absolute atomic E-state index is 0.0115. The van der Waals surface area contributed by atoms with Crippen molar-refractivity contribution < 1.29 is 9.72 Å². The number of para-hydroxylation sites is 1.